The number of benzene rings is 1. The van der Waals surface area contributed by atoms with Gasteiger partial charge in [-0.3, -0.25) is 4.79 Å². The molecule has 4 bridgehead atoms. The van der Waals surface area contributed by atoms with Crippen LogP contribution in [0.3, 0.4) is 0 Å². The van der Waals surface area contributed by atoms with Gasteiger partial charge >= 0.3 is 11.9 Å². The number of carbonyl (C=O) groups is 2. The SMILES string of the molecule is CCCCOC(=O)C12CC3CC(C1)CC(c1ccc(OCC(=O)OCC)cc1)(C3)C2. The van der Waals surface area contributed by atoms with Crippen molar-refractivity contribution in [2.75, 3.05) is 19.8 Å². The first-order valence-corrected chi connectivity index (χ1v) is 11.5. The number of ether oxygens (including phenoxy) is 3. The van der Waals surface area contributed by atoms with Crippen LogP contribution in [0.5, 0.6) is 5.75 Å². The number of rotatable bonds is 9. The Bertz CT molecular complexity index is 754. The maximum absolute atomic E-state index is 13.1. The predicted octanol–water partition coefficient (Wildman–Crippen LogP) is 4.81. The summed E-state index contributed by atoms with van der Waals surface area (Å²) in [4.78, 5) is 24.6. The van der Waals surface area contributed by atoms with Crippen LogP contribution >= 0.6 is 0 Å². The molecular weight excluding hydrogens is 380 g/mol. The molecule has 164 valence electrons. The fourth-order valence-electron chi connectivity index (χ4n) is 6.55. The first kappa shape index (κ1) is 21.2. The molecule has 5 heteroatoms. The van der Waals surface area contributed by atoms with Crippen molar-refractivity contribution in [1.29, 1.82) is 0 Å². The van der Waals surface area contributed by atoms with Crippen molar-refractivity contribution in [2.24, 2.45) is 17.3 Å². The van der Waals surface area contributed by atoms with E-state index in [4.69, 9.17) is 14.2 Å². The summed E-state index contributed by atoms with van der Waals surface area (Å²) >= 11 is 0. The van der Waals surface area contributed by atoms with Gasteiger partial charge in [-0.05, 0) is 86.8 Å². The molecule has 4 saturated carbocycles. The standard InChI is InChI=1S/C25H34O5/c1-3-5-10-29-23(27)25-14-18-11-19(15-25)13-24(12-18,17-25)20-6-8-21(9-7-20)30-16-22(26)28-4-2/h6-9,18-19H,3-5,10-17H2,1-2H3. The summed E-state index contributed by atoms with van der Waals surface area (Å²) in [6, 6.07) is 8.15. The largest absolute Gasteiger partial charge is 0.482 e. The lowest BCUT2D eigenvalue weighted by molar-refractivity contribution is -0.174. The second-order valence-corrected chi connectivity index (χ2v) is 9.63. The zero-order valence-corrected chi connectivity index (χ0v) is 18.3. The highest BCUT2D eigenvalue weighted by molar-refractivity contribution is 5.78. The molecule has 2 unspecified atom stereocenters. The van der Waals surface area contributed by atoms with Crippen molar-refractivity contribution in [2.45, 2.75) is 70.6 Å². The molecule has 0 aliphatic heterocycles. The molecule has 4 aliphatic rings. The fourth-order valence-corrected chi connectivity index (χ4v) is 6.55. The highest BCUT2D eigenvalue weighted by Crippen LogP contribution is 2.66. The Morgan fingerprint density at radius 2 is 1.70 bits per heavy atom. The second-order valence-electron chi connectivity index (χ2n) is 9.63. The van der Waals surface area contributed by atoms with Crippen molar-refractivity contribution < 1.29 is 23.8 Å². The van der Waals surface area contributed by atoms with Gasteiger partial charge < -0.3 is 14.2 Å². The average molecular weight is 415 g/mol. The number of unbranched alkanes of at least 4 members (excludes halogenated alkanes) is 1. The van der Waals surface area contributed by atoms with E-state index in [-0.39, 0.29) is 29.4 Å². The van der Waals surface area contributed by atoms with Crippen LogP contribution < -0.4 is 4.74 Å². The maximum atomic E-state index is 13.1. The third-order valence-corrected chi connectivity index (χ3v) is 7.35. The smallest absolute Gasteiger partial charge is 0.344 e. The van der Waals surface area contributed by atoms with E-state index in [1.165, 1.54) is 12.0 Å². The molecule has 1 aromatic carbocycles. The van der Waals surface area contributed by atoms with Crippen molar-refractivity contribution in [1.82, 2.24) is 0 Å². The minimum atomic E-state index is -0.355. The van der Waals surface area contributed by atoms with Gasteiger partial charge in [-0.2, -0.15) is 0 Å². The van der Waals surface area contributed by atoms with Crippen LogP contribution in [0.25, 0.3) is 0 Å². The summed E-state index contributed by atoms with van der Waals surface area (Å²) in [5.41, 5.74) is 1.07. The van der Waals surface area contributed by atoms with Crippen LogP contribution in [0.1, 0.15) is 70.8 Å². The van der Waals surface area contributed by atoms with Crippen LogP contribution in [0.2, 0.25) is 0 Å². The summed E-state index contributed by atoms with van der Waals surface area (Å²) < 4.78 is 16.2. The van der Waals surface area contributed by atoms with Crippen LogP contribution in [-0.2, 0) is 24.5 Å². The summed E-state index contributed by atoms with van der Waals surface area (Å²) in [6.45, 7) is 4.73. The normalized spacial score (nSPS) is 31.4. The van der Waals surface area contributed by atoms with Crippen LogP contribution in [0, 0.1) is 17.3 Å². The zero-order chi connectivity index (χ0) is 21.2. The Balaban J connectivity index is 1.48. The third kappa shape index (κ3) is 4.08. The Kier molecular flexibility index (Phi) is 6.08. The van der Waals surface area contributed by atoms with Gasteiger partial charge in [-0.25, -0.2) is 4.79 Å². The summed E-state index contributed by atoms with van der Waals surface area (Å²) in [7, 11) is 0. The van der Waals surface area contributed by atoms with Gasteiger partial charge in [0.15, 0.2) is 6.61 Å². The lowest BCUT2D eigenvalue weighted by atomic mass is 9.43. The van der Waals surface area contributed by atoms with E-state index in [0.717, 1.165) is 44.9 Å². The topological polar surface area (TPSA) is 61.8 Å². The molecule has 0 saturated heterocycles. The zero-order valence-electron chi connectivity index (χ0n) is 18.3. The van der Waals surface area contributed by atoms with E-state index in [1.54, 1.807) is 6.92 Å². The quantitative estimate of drug-likeness (QED) is 0.429. The van der Waals surface area contributed by atoms with Gasteiger partial charge in [0, 0.05) is 0 Å². The maximum Gasteiger partial charge on any atom is 0.344 e. The van der Waals surface area contributed by atoms with E-state index in [2.05, 4.69) is 19.1 Å². The first-order valence-electron chi connectivity index (χ1n) is 11.5. The average Bonchev–Trinajstić information content (AvgIpc) is 2.72. The van der Waals surface area contributed by atoms with Gasteiger partial charge in [0.25, 0.3) is 0 Å². The lowest BCUT2D eigenvalue weighted by Crippen LogP contribution is -2.57. The lowest BCUT2D eigenvalue weighted by Gasteiger charge is -2.61. The molecule has 2 atom stereocenters. The molecule has 0 radical (unpaired) electrons. The number of esters is 2. The first-order chi connectivity index (χ1) is 14.5. The molecular formula is C25H34O5. The van der Waals surface area contributed by atoms with E-state index < -0.39 is 0 Å². The number of hydrogen-bond donors (Lipinski definition) is 0. The summed E-state index contributed by atoms with van der Waals surface area (Å²) in [5, 5.41) is 0. The van der Waals surface area contributed by atoms with E-state index in [0.29, 0.717) is 30.8 Å². The molecule has 5 nitrogen and oxygen atoms in total. The molecule has 1 aromatic rings. The van der Waals surface area contributed by atoms with Crippen molar-refractivity contribution in [3.8, 4) is 5.75 Å². The highest BCUT2D eigenvalue weighted by atomic mass is 16.6. The molecule has 0 heterocycles. The fraction of sp³-hybridized carbons (Fsp3) is 0.680. The minimum absolute atomic E-state index is 0.0452. The molecule has 5 rings (SSSR count). The highest BCUT2D eigenvalue weighted by Gasteiger charge is 2.61. The van der Waals surface area contributed by atoms with Gasteiger partial charge in [0.05, 0.1) is 18.6 Å². The van der Waals surface area contributed by atoms with Gasteiger partial charge in [-0.1, -0.05) is 25.5 Å². The van der Waals surface area contributed by atoms with E-state index in [9.17, 15) is 9.59 Å². The van der Waals surface area contributed by atoms with Crippen molar-refractivity contribution >= 4 is 11.9 Å². The van der Waals surface area contributed by atoms with Crippen molar-refractivity contribution in [3.05, 3.63) is 29.8 Å². The number of carbonyl (C=O) groups excluding carboxylic acids is 2. The Hall–Kier alpha value is -2.04. The predicted molar refractivity (Wildman–Crippen MR) is 113 cm³/mol. The summed E-state index contributed by atoms with van der Waals surface area (Å²) in [6.07, 6.45) is 8.46. The van der Waals surface area contributed by atoms with Gasteiger partial charge in [-0.15, -0.1) is 0 Å². The molecule has 4 aliphatic carbocycles. The molecule has 0 aromatic heterocycles. The van der Waals surface area contributed by atoms with Crippen LogP contribution in [0.4, 0.5) is 0 Å². The van der Waals surface area contributed by atoms with Gasteiger partial charge in [0.2, 0.25) is 0 Å². The molecule has 0 spiro atoms. The third-order valence-electron chi connectivity index (χ3n) is 7.35. The Labute approximate surface area is 179 Å². The minimum Gasteiger partial charge on any atom is -0.482 e. The van der Waals surface area contributed by atoms with Gasteiger partial charge in [0.1, 0.15) is 5.75 Å². The second kappa shape index (κ2) is 8.60. The molecule has 30 heavy (non-hydrogen) atoms. The summed E-state index contributed by atoms with van der Waals surface area (Å²) in [5.74, 6) is 1.59. The number of hydrogen-bond acceptors (Lipinski definition) is 5. The van der Waals surface area contributed by atoms with E-state index >= 15 is 0 Å². The Morgan fingerprint density at radius 1 is 1.00 bits per heavy atom. The molecule has 0 amide bonds. The molecule has 4 fully saturated rings. The van der Waals surface area contributed by atoms with Crippen molar-refractivity contribution in [3.63, 3.8) is 0 Å². The molecule has 0 N–H and O–H groups in total. The monoisotopic (exact) mass is 414 g/mol. The van der Waals surface area contributed by atoms with Crippen LogP contribution in [-0.4, -0.2) is 31.8 Å². The van der Waals surface area contributed by atoms with E-state index in [1.807, 2.05) is 12.1 Å². The van der Waals surface area contributed by atoms with Crippen LogP contribution in [0.15, 0.2) is 24.3 Å². The Morgan fingerprint density at radius 3 is 2.33 bits per heavy atom.